The van der Waals surface area contributed by atoms with Crippen molar-refractivity contribution in [2.75, 3.05) is 10.0 Å². The van der Waals surface area contributed by atoms with E-state index in [1.807, 2.05) is 0 Å². The molecule has 2 aromatic carbocycles. The van der Waals surface area contributed by atoms with Gasteiger partial charge in [0.25, 0.3) is 15.9 Å². The molecule has 0 saturated carbocycles. The van der Waals surface area contributed by atoms with E-state index in [-0.39, 0.29) is 9.77 Å². The van der Waals surface area contributed by atoms with Gasteiger partial charge in [0.15, 0.2) is 0 Å². The van der Waals surface area contributed by atoms with Crippen molar-refractivity contribution in [1.29, 1.82) is 0 Å². The Bertz CT molecular complexity index is 1070. The van der Waals surface area contributed by atoms with Gasteiger partial charge in [-0.1, -0.05) is 35.3 Å². The van der Waals surface area contributed by atoms with Crippen molar-refractivity contribution in [3.8, 4) is 0 Å². The van der Waals surface area contributed by atoms with Crippen LogP contribution in [0.2, 0.25) is 10.0 Å². The van der Waals surface area contributed by atoms with Crippen LogP contribution in [0.4, 0.5) is 11.4 Å². The number of carbonyl (C=O) groups excluding carboxylic acids is 1. The van der Waals surface area contributed by atoms with E-state index in [1.54, 1.807) is 42.5 Å². The van der Waals surface area contributed by atoms with E-state index in [2.05, 4.69) is 10.0 Å². The van der Waals surface area contributed by atoms with E-state index in [4.69, 9.17) is 23.2 Å². The number of hydrogen-bond acceptors (Lipinski definition) is 4. The molecule has 0 bridgehead atoms. The van der Waals surface area contributed by atoms with Crippen molar-refractivity contribution in [3.63, 3.8) is 0 Å². The molecule has 5 nitrogen and oxygen atoms in total. The number of carbonyl (C=O) groups is 1. The number of hydrogen-bond donors (Lipinski definition) is 2. The second-order valence-corrected chi connectivity index (χ2v) is 8.69. The van der Waals surface area contributed by atoms with Crippen LogP contribution in [0, 0.1) is 0 Å². The third kappa shape index (κ3) is 4.56. The Morgan fingerprint density at radius 1 is 0.923 bits per heavy atom. The maximum Gasteiger partial charge on any atom is 0.265 e. The van der Waals surface area contributed by atoms with Crippen LogP contribution < -0.4 is 10.0 Å². The summed E-state index contributed by atoms with van der Waals surface area (Å²) < 4.78 is 27.3. The third-order valence-corrected chi connectivity index (χ3v) is 6.18. The molecule has 3 aromatic rings. The SMILES string of the molecule is O=C(Nc1cccc(Cl)c1)c1cc(S(=O)(=O)Nc2cccc(Cl)c2)cs1. The summed E-state index contributed by atoms with van der Waals surface area (Å²) in [6, 6.07) is 14.4. The first-order valence-corrected chi connectivity index (χ1v) is 10.4. The van der Waals surface area contributed by atoms with Gasteiger partial charge < -0.3 is 5.32 Å². The summed E-state index contributed by atoms with van der Waals surface area (Å²) in [5.41, 5.74) is 0.867. The van der Waals surface area contributed by atoms with Gasteiger partial charge in [0, 0.05) is 21.1 Å². The highest BCUT2D eigenvalue weighted by Crippen LogP contribution is 2.24. The minimum atomic E-state index is -3.82. The molecule has 1 heterocycles. The fraction of sp³-hybridized carbons (Fsp3) is 0. The Balaban J connectivity index is 1.77. The summed E-state index contributed by atoms with van der Waals surface area (Å²) in [7, 11) is -3.82. The zero-order valence-electron chi connectivity index (χ0n) is 13.1. The summed E-state index contributed by atoms with van der Waals surface area (Å²) in [6.07, 6.45) is 0. The molecule has 0 saturated heterocycles. The van der Waals surface area contributed by atoms with Crippen molar-refractivity contribution in [1.82, 2.24) is 0 Å². The first-order valence-electron chi connectivity index (χ1n) is 7.27. The quantitative estimate of drug-likeness (QED) is 0.594. The van der Waals surface area contributed by atoms with Crippen molar-refractivity contribution in [2.45, 2.75) is 4.90 Å². The van der Waals surface area contributed by atoms with Gasteiger partial charge in [-0.3, -0.25) is 9.52 Å². The number of anilines is 2. The van der Waals surface area contributed by atoms with Crippen LogP contribution in [-0.2, 0) is 10.0 Å². The minimum Gasteiger partial charge on any atom is -0.321 e. The van der Waals surface area contributed by atoms with Gasteiger partial charge in [0.1, 0.15) is 0 Å². The predicted octanol–water partition coefficient (Wildman–Crippen LogP) is 5.11. The first-order chi connectivity index (χ1) is 12.3. The monoisotopic (exact) mass is 426 g/mol. The Morgan fingerprint density at radius 2 is 1.54 bits per heavy atom. The van der Waals surface area contributed by atoms with Gasteiger partial charge in [-0.25, -0.2) is 8.42 Å². The predicted molar refractivity (Wildman–Crippen MR) is 106 cm³/mol. The van der Waals surface area contributed by atoms with Crippen LogP contribution >= 0.6 is 34.5 Å². The molecular weight excluding hydrogens is 415 g/mol. The van der Waals surface area contributed by atoms with Gasteiger partial charge in [0.05, 0.1) is 15.5 Å². The Labute approximate surface area is 164 Å². The van der Waals surface area contributed by atoms with E-state index in [0.717, 1.165) is 11.3 Å². The van der Waals surface area contributed by atoms with Gasteiger partial charge in [0.2, 0.25) is 0 Å². The molecule has 0 aliphatic rings. The summed E-state index contributed by atoms with van der Waals surface area (Å²) in [5.74, 6) is -0.415. The molecule has 0 unspecified atom stereocenters. The number of nitrogens with one attached hydrogen (secondary N) is 2. The molecule has 1 aromatic heterocycles. The lowest BCUT2D eigenvalue weighted by Crippen LogP contribution is -2.13. The Morgan fingerprint density at radius 3 is 2.19 bits per heavy atom. The molecule has 0 spiro atoms. The van der Waals surface area contributed by atoms with Crippen LogP contribution in [0.25, 0.3) is 0 Å². The fourth-order valence-corrected chi connectivity index (χ4v) is 4.70. The van der Waals surface area contributed by atoms with E-state index in [9.17, 15) is 13.2 Å². The van der Waals surface area contributed by atoms with Gasteiger partial charge in [-0.2, -0.15) is 0 Å². The van der Waals surface area contributed by atoms with Gasteiger partial charge >= 0.3 is 0 Å². The third-order valence-electron chi connectivity index (χ3n) is 3.27. The van der Waals surface area contributed by atoms with E-state index in [0.29, 0.717) is 21.4 Å². The fourth-order valence-electron chi connectivity index (χ4n) is 2.10. The van der Waals surface area contributed by atoms with Crippen LogP contribution in [0.5, 0.6) is 0 Å². The lowest BCUT2D eigenvalue weighted by molar-refractivity contribution is 0.103. The average molecular weight is 427 g/mol. The molecule has 9 heteroatoms. The number of benzene rings is 2. The lowest BCUT2D eigenvalue weighted by atomic mass is 10.3. The molecule has 0 aliphatic heterocycles. The largest absolute Gasteiger partial charge is 0.321 e. The van der Waals surface area contributed by atoms with Crippen LogP contribution in [0.1, 0.15) is 9.67 Å². The molecular formula is C17H12Cl2N2O3S2. The number of halogens is 2. The molecule has 3 rings (SSSR count). The molecule has 26 heavy (non-hydrogen) atoms. The van der Waals surface area contributed by atoms with Crippen molar-refractivity contribution in [3.05, 3.63) is 74.9 Å². The second kappa shape index (κ2) is 7.67. The number of sulfonamides is 1. The standard InChI is InChI=1S/C17H12Cl2N2O3S2/c18-11-3-1-5-13(7-11)20-17(22)16-9-15(10-25-16)26(23,24)21-14-6-2-4-12(19)8-14/h1-10,21H,(H,20,22). The molecule has 0 aliphatic carbocycles. The molecule has 1 amide bonds. The molecule has 0 radical (unpaired) electrons. The first kappa shape index (κ1) is 18.7. The zero-order chi connectivity index (χ0) is 18.7. The minimum absolute atomic E-state index is 0.00119. The summed E-state index contributed by atoms with van der Waals surface area (Å²) >= 11 is 12.8. The van der Waals surface area contributed by atoms with Crippen molar-refractivity contribution in [2.24, 2.45) is 0 Å². The Hall–Kier alpha value is -2.06. The number of thiophene rings is 1. The molecule has 134 valence electrons. The second-order valence-electron chi connectivity index (χ2n) is 5.23. The summed E-state index contributed by atoms with van der Waals surface area (Å²) in [5, 5.41) is 4.98. The highest BCUT2D eigenvalue weighted by molar-refractivity contribution is 7.92. The smallest absolute Gasteiger partial charge is 0.265 e. The number of rotatable bonds is 5. The van der Waals surface area contributed by atoms with Crippen molar-refractivity contribution >= 4 is 61.8 Å². The van der Waals surface area contributed by atoms with Gasteiger partial charge in [-0.05, 0) is 42.5 Å². The topological polar surface area (TPSA) is 75.3 Å². The van der Waals surface area contributed by atoms with Crippen LogP contribution in [0.3, 0.4) is 0 Å². The van der Waals surface area contributed by atoms with E-state index >= 15 is 0 Å². The van der Waals surface area contributed by atoms with Gasteiger partial charge in [-0.15, -0.1) is 11.3 Å². The van der Waals surface area contributed by atoms with E-state index in [1.165, 1.54) is 17.5 Å². The zero-order valence-corrected chi connectivity index (χ0v) is 16.2. The molecule has 0 fully saturated rings. The maximum atomic E-state index is 12.5. The molecule has 0 atom stereocenters. The normalized spacial score (nSPS) is 11.2. The van der Waals surface area contributed by atoms with E-state index < -0.39 is 15.9 Å². The maximum absolute atomic E-state index is 12.5. The lowest BCUT2D eigenvalue weighted by Gasteiger charge is -2.06. The molecule has 2 N–H and O–H groups in total. The summed E-state index contributed by atoms with van der Waals surface area (Å²) in [4.78, 5) is 12.6. The summed E-state index contributed by atoms with van der Waals surface area (Å²) in [6.45, 7) is 0. The number of amides is 1. The van der Waals surface area contributed by atoms with Crippen LogP contribution in [0.15, 0.2) is 64.9 Å². The van der Waals surface area contributed by atoms with Crippen molar-refractivity contribution < 1.29 is 13.2 Å². The Kier molecular flexibility index (Phi) is 5.52. The highest BCUT2D eigenvalue weighted by atomic mass is 35.5. The highest BCUT2D eigenvalue weighted by Gasteiger charge is 2.19. The average Bonchev–Trinajstić information content (AvgIpc) is 3.05. The van der Waals surface area contributed by atoms with Crippen LogP contribution in [-0.4, -0.2) is 14.3 Å².